The number of sulfonamides is 1. The van der Waals surface area contributed by atoms with Crippen molar-refractivity contribution in [1.82, 2.24) is 4.98 Å². The number of carbonyl (C=O) groups is 1. The van der Waals surface area contributed by atoms with Crippen LogP contribution < -0.4 is 9.46 Å². The molecule has 1 aromatic heterocycles. The van der Waals surface area contributed by atoms with E-state index < -0.39 is 16.0 Å². The van der Waals surface area contributed by atoms with Gasteiger partial charge in [-0.1, -0.05) is 40.6 Å². The first-order chi connectivity index (χ1) is 10.2. The Hall–Kier alpha value is -1.35. The van der Waals surface area contributed by atoms with Crippen molar-refractivity contribution < 1.29 is 17.9 Å². The maximum atomic E-state index is 12.4. The number of hydrogen-bond acceptors (Lipinski definition) is 6. The molecule has 2 rings (SSSR count). The number of nitrogens with one attached hydrogen (secondary N) is 1. The Bertz CT molecular complexity index is 813. The predicted molar refractivity (Wildman–Crippen MR) is 85.4 cm³/mol. The number of anilines is 1. The zero-order valence-electron chi connectivity index (χ0n) is 11.4. The molecule has 22 heavy (non-hydrogen) atoms. The fourth-order valence-corrected chi connectivity index (χ4v) is 4.80. The Morgan fingerprint density at radius 1 is 1.32 bits per heavy atom. The van der Waals surface area contributed by atoms with Crippen LogP contribution in [0, 0.1) is 6.92 Å². The Morgan fingerprint density at radius 2 is 1.91 bits per heavy atom. The molecule has 0 spiro atoms. The Morgan fingerprint density at radius 3 is 2.45 bits per heavy atom. The minimum atomic E-state index is -4.01. The number of thiazole rings is 1. The van der Waals surface area contributed by atoms with E-state index in [1.54, 1.807) is 6.92 Å². The summed E-state index contributed by atoms with van der Waals surface area (Å²) in [4.78, 5) is 14.7. The van der Waals surface area contributed by atoms with E-state index in [1.165, 1.54) is 25.1 Å². The van der Waals surface area contributed by atoms with Crippen molar-refractivity contribution in [3.8, 4) is 5.06 Å². The number of aryl methyl sites for hydroxylation is 1. The molecule has 0 amide bonds. The quantitative estimate of drug-likeness (QED) is 0.820. The van der Waals surface area contributed by atoms with Gasteiger partial charge in [0.05, 0.1) is 15.7 Å². The van der Waals surface area contributed by atoms with E-state index in [-0.39, 0.29) is 25.1 Å². The minimum Gasteiger partial charge on any atom is -0.413 e. The van der Waals surface area contributed by atoms with Gasteiger partial charge in [0, 0.05) is 6.92 Å². The number of benzene rings is 1. The first-order valence-corrected chi connectivity index (χ1v) is 8.89. The highest BCUT2D eigenvalue weighted by Crippen LogP contribution is 2.34. The number of hydrogen-bond donors (Lipinski definition) is 1. The normalized spacial score (nSPS) is 11.3. The second-order valence-electron chi connectivity index (χ2n) is 4.14. The van der Waals surface area contributed by atoms with Crippen molar-refractivity contribution in [2.24, 2.45) is 0 Å². The molecule has 0 bridgehead atoms. The van der Waals surface area contributed by atoms with Crippen molar-refractivity contribution in [3.63, 3.8) is 0 Å². The van der Waals surface area contributed by atoms with Crippen LogP contribution in [0.1, 0.15) is 12.6 Å². The van der Waals surface area contributed by atoms with Gasteiger partial charge in [-0.2, -0.15) is 0 Å². The fraction of sp³-hybridized carbons (Fsp3) is 0.167. The highest BCUT2D eigenvalue weighted by atomic mass is 35.5. The van der Waals surface area contributed by atoms with E-state index in [0.29, 0.717) is 5.69 Å². The molecule has 2 aromatic rings. The lowest BCUT2D eigenvalue weighted by molar-refractivity contribution is -0.131. The summed E-state index contributed by atoms with van der Waals surface area (Å²) in [6.07, 6.45) is 0. The standard InChI is InChI=1S/C12H10Cl2N2O4S2/c1-6-11(20-7(2)17)21-12(15-6)16-22(18,19)10-8(13)4-3-5-9(10)14/h3-5H,1-2H3,(H,15,16). The molecular weight excluding hydrogens is 371 g/mol. The van der Waals surface area contributed by atoms with Crippen LogP contribution >= 0.6 is 34.5 Å². The summed E-state index contributed by atoms with van der Waals surface area (Å²) in [7, 11) is -4.01. The van der Waals surface area contributed by atoms with Crippen LogP contribution in [0.25, 0.3) is 0 Å². The molecular formula is C12H10Cl2N2O4S2. The zero-order valence-corrected chi connectivity index (χ0v) is 14.5. The number of aromatic nitrogens is 1. The van der Waals surface area contributed by atoms with Gasteiger partial charge in [0.25, 0.3) is 10.0 Å². The summed E-state index contributed by atoms with van der Waals surface area (Å²) >= 11 is 12.7. The van der Waals surface area contributed by atoms with E-state index in [2.05, 4.69) is 9.71 Å². The lowest BCUT2D eigenvalue weighted by Gasteiger charge is -2.08. The number of ether oxygens (including phenoxy) is 1. The molecule has 10 heteroatoms. The van der Waals surface area contributed by atoms with Gasteiger partial charge in [0.1, 0.15) is 4.90 Å². The van der Waals surface area contributed by atoms with Gasteiger partial charge in [0.15, 0.2) is 5.13 Å². The molecule has 0 radical (unpaired) electrons. The number of halogens is 2. The second kappa shape index (κ2) is 6.41. The van der Waals surface area contributed by atoms with Gasteiger partial charge in [-0.3, -0.25) is 9.52 Å². The molecule has 0 saturated carbocycles. The summed E-state index contributed by atoms with van der Waals surface area (Å²) < 4.78 is 31.9. The Balaban J connectivity index is 2.36. The molecule has 0 aliphatic carbocycles. The van der Waals surface area contributed by atoms with Gasteiger partial charge in [-0.15, -0.1) is 0 Å². The van der Waals surface area contributed by atoms with Crippen molar-refractivity contribution in [2.75, 3.05) is 4.72 Å². The molecule has 1 N–H and O–H groups in total. The van der Waals surface area contributed by atoms with Crippen LogP contribution in [-0.4, -0.2) is 19.4 Å². The molecule has 1 aromatic carbocycles. The lowest BCUT2D eigenvalue weighted by atomic mass is 10.4. The van der Waals surface area contributed by atoms with E-state index >= 15 is 0 Å². The van der Waals surface area contributed by atoms with Crippen molar-refractivity contribution in [1.29, 1.82) is 0 Å². The number of rotatable bonds is 4. The average molecular weight is 381 g/mol. The van der Waals surface area contributed by atoms with Crippen molar-refractivity contribution in [2.45, 2.75) is 18.7 Å². The maximum Gasteiger partial charge on any atom is 0.308 e. The monoisotopic (exact) mass is 380 g/mol. The SMILES string of the molecule is CC(=O)Oc1sc(NS(=O)(=O)c2c(Cl)cccc2Cl)nc1C. The van der Waals surface area contributed by atoms with Crippen LogP contribution in [0.4, 0.5) is 5.13 Å². The van der Waals surface area contributed by atoms with Gasteiger partial charge < -0.3 is 4.74 Å². The van der Waals surface area contributed by atoms with Crippen LogP contribution in [0.15, 0.2) is 23.1 Å². The van der Waals surface area contributed by atoms with Crippen molar-refractivity contribution >= 4 is 55.7 Å². The number of nitrogens with zero attached hydrogens (tertiary/aromatic N) is 1. The average Bonchev–Trinajstić information content (AvgIpc) is 2.67. The van der Waals surface area contributed by atoms with Crippen LogP contribution in [0.5, 0.6) is 5.06 Å². The molecule has 118 valence electrons. The Kier molecular flexibility index (Phi) is 4.96. The van der Waals surface area contributed by atoms with Gasteiger partial charge in [0.2, 0.25) is 5.06 Å². The molecule has 6 nitrogen and oxygen atoms in total. The largest absolute Gasteiger partial charge is 0.413 e. The maximum absolute atomic E-state index is 12.4. The minimum absolute atomic E-state index is 0.00603. The van der Waals surface area contributed by atoms with Crippen LogP contribution in [-0.2, 0) is 14.8 Å². The summed E-state index contributed by atoms with van der Waals surface area (Å²) in [5, 5.41) is 0.252. The van der Waals surface area contributed by atoms with Crippen LogP contribution in [0.2, 0.25) is 10.0 Å². The van der Waals surface area contributed by atoms with E-state index in [9.17, 15) is 13.2 Å². The highest BCUT2D eigenvalue weighted by Gasteiger charge is 2.23. The fourth-order valence-electron chi connectivity index (χ4n) is 1.56. The molecule has 0 aliphatic rings. The predicted octanol–water partition coefficient (Wildman–Crippen LogP) is 3.48. The van der Waals surface area contributed by atoms with Gasteiger partial charge >= 0.3 is 5.97 Å². The third kappa shape index (κ3) is 3.70. The Labute approximate surface area is 141 Å². The first kappa shape index (κ1) is 17.0. The molecule has 0 unspecified atom stereocenters. The van der Waals surface area contributed by atoms with Crippen LogP contribution in [0.3, 0.4) is 0 Å². The highest BCUT2D eigenvalue weighted by molar-refractivity contribution is 7.93. The zero-order chi connectivity index (χ0) is 16.5. The van der Waals surface area contributed by atoms with E-state index in [4.69, 9.17) is 27.9 Å². The second-order valence-corrected chi connectivity index (χ2v) is 7.54. The summed E-state index contributed by atoms with van der Waals surface area (Å²) in [5.41, 5.74) is 0.392. The summed E-state index contributed by atoms with van der Waals surface area (Å²) in [6, 6.07) is 4.37. The molecule has 0 fully saturated rings. The number of esters is 1. The first-order valence-electron chi connectivity index (χ1n) is 5.83. The number of carbonyl (C=O) groups excluding carboxylic acids is 1. The third-order valence-electron chi connectivity index (χ3n) is 2.40. The van der Waals surface area contributed by atoms with Gasteiger partial charge in [-0.05, 0) is 19.1 Å². The molecule has 1 heterocycles. The summed E-state index contributed by atoms with van der Waals surface area (Å²) in [6.45, 7) is 2.83. The lowest BCUT2D eigenvalue weighted by Crippen LogP contribution is -2.13. The molecule has 0 aliphatic heterocycles. The molecule has 0 saturated heterocycles. The molecule has 0 atom stereocenters. The van der Waals surface area contributed by atoms with Gasteiger partial charge in [-0.25, -0.2) is 13.4 Å². The van der Waals surface area contributed by atoms with Crippen molar-refractivity contribution in [3.05, 3.63) is 33.9 Å². The van der Waals surface area contributed by atoms with E-state index in [1.807, 2.05) is 0 Å². The topological polar surface area (TPSA) is 85.4 Å². The summed E-state index contributed by atoms with van der Waals surface area (Å²) in [5.74, 6) is -0.518. The van der Waals surface area contributed by atoms with E-state index in [0.717, 1.165) is 11.3 Å². The third-order valence-corrected chi connectivity index (χ3v) is 5.77. The smallest absolute Gasteiger partial charge is 0.308 e.